The van der Waals surface area contributed by atoms with E-state index in [0.717, 1.165) is 17.3 Å². The highest BCUT2D eigenvalue weighted by Crippen LogP contribution is 2.25. The highest BCUT2D eigenvalue weighted by molar-refractivity contribution is 9.10. The zero-order valence-corrected chi connectivity index (χ0v) is 18.1. The summed E-state index contributed by atoms with van der Waals surface area (Å²) in [5.74, 6) is 0.703. The Hall–Kier alpha value is -2.34. The number of anilines is 1. The van der Waals surface area contributed by atoms with Gasteiger partial charge in [0.05, 0.1) is 12.2 Å². The van der Waals surface area contributed by atoms with Crippen molar-refractivity contribution in [1.82, 2.24) is 5.32 Å². The molecule has 0 heterocycles. The Morgan fingerprint density at radius 1 is 1.07 bits per heavy atom. The van der Waals surface area contributed by atoms with Crippen LogP contribution in [0.1, 0.15) is 54.3 Å². The molecule has 0 saturated heterocycles. The molecule has 2 N–H and O–H groups in total. The molecule has 0 atom stereocenters. The molecule has 0 aliphatic carbocycles. The van der Waals surface area contributed by atoms with Gasteiger partial charge in [-0.15, -0.1) is 0 Å². The molecule has 5 nitrogen and oxygen atoms in total. The van der Waals surface area contributed by atoms with Crippen molar-refractivity contribution >= 4 is 33.4 Å². The van der Waals surface area contributed by atoms with Crippen LogP contribution in [-0.4, -0.2) is 25.0 Å². The molecule has 0 aliphatic rings. The minimum absolute atomic E-state index is 0.118. The highest BCUT2D eigenvalue weighted by atomic mass is 79.9. The third-order valence-electron chi connectivity index (χ3n) is 4.08. The van der Waals surface area contributed by atoms with Crippen molar-refractivity contribution in [3.8, 4) is 5.75 Å². The SMILES string of the molecule is CCCNC(=O)c1ccc(NC(=O)c2cc(Br)ccc2OCCC(C)C)cc1. The van der Waals surface area contributed by atoms with E-state index in [0.29, 0.717) is 41.6 Å². The van der Waals surface area contributed by atoms with Gasteiger partial charge in [0.2, 0.25) is 0 Å². The summed E-state index contributed by atoms with van der Waals surface area (Å²) in [7, 11) is 0. The molecule has 0 spiro atoms. The van der Waals surface area contributed by atoms with Crippen molar-refractivity contribution in [3.63, 3.8) is 0 Å². The molecule has 2 aromatic rings. The molecule has 2 amide bonds. The van der Waals surface area contributed by atoms with Gasteiger partial charge in [0.15, 0.2) is 0 Å². The molecule has 2 aromatic carbocycles. The first-order chi connectivity index (χ1) is 13.4. The van der Waals surface area contributed by atoms with Crippen molar-refractivity contribution in [3.05, 3.63) is 58.1 Å². The molecule has 0 unspecified atom stereocenters. The van der Waals surface area contributed by atoms with Crippen LogP contribution in [0.25, 0.3) is 0 Å². The van der Waals surface area contributed by atoms with E-state index < -0.39 is 0 Å². The number of carbonyl (C=O) groups excluding carboxylic acids is 2. The topological polar surface area (TPSA) is 67.4 Å². The summed E-state index contributed by atoms with van der Waals surface area (Å²) in [6, 6.07) is 12.2. The number of amides is 2. The number of rotatable bonds is 9. The number of halogens is 1. The van der Waals surface area contributed by atoms with Crippen LogP contribution in [0.2, 0.25) is 0 Å². The summed E-state index contributed by atoms with van der Waals surface area (Å²) in [5.41, 5.74) is 1.64. The molecule has 6 heteroatoms. The van der Waals surface area contributed by atoms with E-state index in [9.17, 15) is 9.59 Å². The Labute approximate surface area is 175 Å². The predicted octanol–water partition coefficient (Wildman–Crippen LogP) is 5.27. The van der Waals surface area contributed by atoms with E-state index in [1.165, 1.54) is 0 Å². The second-order valence-electron chi connectivity index (χ2n) is 6.96. The van der Waals surface area contributed by atoms with Crippen molar-refractivity contribution in [2.24, 2.45) is 5.92 Å². The maximum Gasteiger partial charge on any atom is 0.259 e. The van der Waals surface area contributed by atoms with E-state index in [4.69, 9.17) is 4.74 Å². The third-order valence-corrected chi connectivity index (χ3v) is 4.57. The summed E-state index contributed by atoms with van der Waals surface area (Å²) in [4.78, 5) is 24.7. The molecular weight excluding hydrogens is 420 g/mol. The van der Waals surface area contributed by atoms with Crippen LogP contribution in [0, 0.1) is 5.92 Å². The van der Waals surface area contributed by atoms with E-state index in [-0.39, 0.29) is 11.8 Å². The Balaban J connectivity index is 2.07. The number of hydrogen-bond donors (Lipinski definition) is 2. The van der Waals surface area contributed by atoms with Crippen molar-refractivity contribution in [2.45, 2.75) is 33.6 Å². The Kier molecular flexibility index (Phi) is 8.51. The minimum Gasteiger partial charge on any atom is -0.493 e. The molecule has 28 heavy (non-hydrogen) atoms. The number of hydrogen-bond acceptors (Lipinski definition) is 3. The van der Waals surface area contributed by atoms with Gasteiger partial charge in [0.1, 0.15) is 5.75 Å². The summed E-state index contributed by atoms with van der Waals surface area (Å²) in [6.07, 6.45) is 1.80. The number of carbonyl (C=O) groups is 2. The normalized spacial score (nSPS) is 10.6. The number of ether oxygens (including phenoxy) is 1. The standard InChI is InChI=1S/C22H27BrN2O3/c1-4-12-24-21(26)16-5-8-18(9-6-16)25-22(27)19-14-17(23)7-10-20(19)28-13-11-15(2)3/h5-10,14-15H,4,11-13H2,1-3H3,(H,24,26)(H,25,27). The summed E-state index contributed by atoms with van der Waals surface area (Å²) >= 11 is 3.41. The molecule has 0 aliphatic heterocycles. The van der Waals surface area contributed by atoms with Gasteiger partial charge in [-0.05, 0) is 61.2 Å². The van der Waals surface area contributed by atoms with Crippen LogP contribution >= 0.6 is 15.9 Å². The van der Waals surface area contributed by atoms with Gasteiger partial charge in [-0.25, -0.2) is 0 Å². The van der Waals surface area contributed by atoms with Crippen LogP contribution < -0.4 is 15.4 Å². The van der Waals surface area contributed by atoms with Crippen LogP contribution in [0.3, 0.4) is 0 Å². The first kappa shape index (κ1) is 22.0. The maximum absolute atomic E-state index is 12.8. The van der Waals surface area contributed by atoms with Crippen LogP contribution in [-0.2, 0) is 0 Å². The summed E-state index contributed by atoms with van der Waals surface area (Å²) in [5, 5.41) is 5.69. The molecule has 2 rings (SSSR count). The van der Waals surface area contributed by atoms with Gasteiger partial charge >= 0.3 is 0 Å². The fourth-order valence-electron chi connectivity index (χ4n) is 2.45. The quantitative estimate of drug-likeness (QED) is 0.551. The van der Waals surface area contributed by atoms with E-state index in [1.807, 2.05) is 13.0 Å². The lowest BCUT2D eigenvalue weighted by atomic mass is 10.1. The Bertz CT molecular complexity index is 804. The van der Waals surface area contributed by atoms with E-state index in [1.54, 1.807) is 36.4 Å². The lowest BCUT2D eigenvalue weighted by Crippen LogP contribution is -2.23. The van der Waals surface area contributed by atoms with Gasteiger partial charge < -0.3 is 15.4 Å². The zero-order valence-electron chi connectivity index (χ0n) is 16.5. The zero-order chi connectivity index (χ0) is 20.5. The lowest BCUT2D eigenvalue weighted by Gasteiger charge is -2.13. The van der Waals surface area contributed by atoms with Crippen LogP contribution in [0.15, 0.2) is 46.9 Å². The van der Waals surface area contributed by atoms with Crippen molar-refractivity contribution in [2.75, 3.05) is 18.5 Å². The van der Waals surface area contributed by atoms with Crippen LogP contribution in [0.4, 0.5) is 5.69 Å². The highest BCUT2D eigenvalue weighted by Gasteiger charge is 2.14. The molecular formula is C22H27BrN2O3. The maximum atomic E-state index is 12.8. The minimum atomic E-state index is -0.260. The molecule has 0 saturated carbocycles. The average molecular weight is 447 g/mol. The van der Waals surface area contributed by atoms with Gasteiger partial charge in [0, 0.05) is 22.3 Å². The lowest BCUT2D eigenvalue weighted by molar-refractivity contribution is 0.0953. The summed E-state index contributed by atoms with van der Waals surface area (Å²) in [6.45, 7) is 7.46. The summed E-state index contributed by atoms with van der Waals surface area (Å²) < 4.78 is 6.62. The van der Waals surface area contributed by atoms with Crippen molar-refractivity contribution in [1.29, 1.82) is 0 Å². The number of benzene rings is 2. The van der Waals surface area contributed by atoms with E-state index >= 15 is 0 Å². The second-order valence-corrected chi connectivity index (χ2v) is 7.87. The third kappa shape index (κ3) is 6.68. The molecule has 0 radical (unpaired) electrons. The Morgan fingerprint density at radius 2 is 1.79 bits per heavy atom. The fourth-order valence-corrected chi connectivity index (χ4v) is 2.82. The second kappa shape index (κ2) is 10.9. The Morgan fingerprint density at radius 3 is 2.43 bits per heavy atom. The average Bonchev–Trinajstić information content (AvgIpc) is 2.67. The molecule has 0 bridgehead atoms. The van der Waals surface area contributed by atoms with Crippen molar-refractivity contribution < 1.29 is 14.3 Å². The molecule has 150 valence electrons. The van der Waals surface area contributed by atoms with Gasteiger partial charge in [-0.2, -0.15) is 0 Å². The van der Waals surface area contributed by atoms with E-state index in [2.05, 4.69) is 40.4 Å². The molecule has 0 aromatic heterocycles. The van der Waals surface area contributed by atoms with Gasteiger partial charge in [-0.1, -0.05) is 36.7 Å². The first-order valence-corrected chi connectivity index (χ1v) is 10.3. The van der Waals surface area contributed by atoms with Crippen LogP contribution in [0.5, 0.6) is 5.75 Å². The smallest absolute Gasteiger partial charge is 0.259 e. The van der Waals surface area contributed by atoms with Gasteiger partial charge in [0.25, 0.3) is 11.8 Å². The predicted molar refractivity (Wildman–Crippen MR) is 116 cm³/mol. The number of nitrogens with one attached hydrogen (secondary N) is 2. The molecule has 0 fully saturated rings. The first-order valence-electron chi connectivity index (χ1n) is 9.52. The fraction of sp³-hybridized carbons (Fsp3) is 0.364. The largest absolute Gasteiger partial charge is 0.493 e. The van der Waals surface area contributed by atoms with Gasteiger partial charge in [-0.3, -0.25) is 9.59 Å². The monoisotopic (exact) mass is 446 g/mol.